The second kappa shape index (κ2) is 5.34. The average Bonchev–Trinajstić information content (AvgIpc) is 3.19. The van der Waals surface area contributed by atoms with E-state index in [1.807, 2.05) is 0 Å². The number of carbonyl (C=O) groups is 2. The summed E-state index contributed by atoms with van der Waals surface area (Å²) in [5.41, 5.74) is -2.03. The van der Waals surface area contributed by atoms with Gasteiger partial charge >= 0.3 is 12.1 Å². The molecule has 0 spiro atoms. The molecule has 0 bridgehead atoms. The van der Waals surface area contributed by atoms with Crippen LogP contribution >= 0.6 is 0 Å². The van der Waals surface area contributed by atoms with Crippen LogP contribution in [-0.4, -0.2) is 28.4 Å². The van der Waals surface area contributed by atoms with Gasteiger partial charge in [0.15, 0.2) is 6.04 Å². The molecule has 4 nitrogen and oxygen atoms in total. The Balaban J connectivity index is 2.55. The molecule has 1 aromatic carbocycles. The summed E-state index contributed by atoms with van der Waals surface area (Å²) < 4.78 is 52.0. The second-order valence-electron chi connectivity index (χ2n) is 4.75. The van der Waals surface area contributed by atoms with Crippen LogP contribution in [0.4, 0.5) is 17.6 Å². The first-order valence-electron chi connectivity index (χ1n) is 6.08. The molecule has 0 saturated heterocycles. The van der Waals surface area contributed by atoms with Crippen molar-refractivity contribution in [2.45, 2.75) is 31.1 Å². The lowest BCUT2D eigenvalue weighted by Crippen LogP contribution is -2.36. The Labute approximate surface area is 117 Å². The Hall–Kier alpha value is -2.12. The van der Waals surface area contributed by atoms with E-state index in [2.05, 4.69) is 0 Å². The number of amides is 1. The van der Waals surface area contributed by atoms with Gasteiger partial charge in [0.1, 0.15) is 5.82 Å². The fourth-order valence-electron chi connectivity index (χ4n) is 2.16. The average molecular weight is 305 g/mol. The van der Waals surface area contributed by atoms with Crippen molar-refractivity contribution in [2.24, 2.45) is 0 Å². The van der Waals surface area contributed by atoms with Gasteiger partial charge in [0, 0.05) is 6.04 Å². The van der Waals surface area contributed by atoms with E-state index in [-0.39, 0.29) is 12.5 Å². The summed E-state index contributed by atoms with van der Waals surface area (Å²) in [6.45, 7) is 0. The van der Waals surface area contributed by atoms with Crippen molar-refractivity contribution < 1.29 is 32.3 Å². The van der Waals surface area contributed by atoms with Gasteiger partial charge in [-0.05, 0) is 30.5 Å². The highest BCUT2D eigenvalue weighted by atomic mass is 19.4. The normalized spacial score (nSPS) is 16.4. The summed E-state index contributed by atoms with van der Waals surface area (Å²) in [6.07, 6.45) is -3.63. The molecule has 1 fully saturated rings. The Morgan fingerprint density at radius 2 is 2.00 bits per heavy atom. The zero-order valence-electron chi connectivity index (χ0n) is 10.6. The minimum atomic E-state index is -4.91. The van der Waals surface area contributed by atoms with E-state index < -0.39 is 41.2 Å². The number of halogens is 4. The Morgan fingerprint density at radius 3 is 2.43 bits per heavy atom. The third-order valence-corrected chi connectivity index (χ3v) is 3.24. The van der Waals surface area contributed by atoms with Gasteiger partial charge in [-0.2, -0.15) is 13.2 Å². The maximum Gasteiger partial charge on any atom is 0.416 e. The lowest BCUT2D eigenvalue weighted by atomic mass is 9.98. The van der Waals surface area contributed by atoms with Crippen molar-refractivity contribution in [1.82, 2.24) is 4.90 Å². The molecule has 1 N–H and O–H groups in total. The van der Waals surface area contributed by atoms with Crippen molar-refractivity contribution in [3.8, 4) is 0 Å². The van der Waals surface area contributed by atoms with Crippen LogP contribution in [-0.2, 0) is 15.8 Å². The van der Waals surface area contributed by atoms with Crippen molar-refractivity contribution in [3.63, 3.8) is 0 Å². The number of rotatable bonds is 5. The molecule has 0 heterocycles. The quantitative estimate of drug-likeness (QED) is 0.672. The van der Waals surface area contributed by atoms with Crippen molar-refractivity contribution in [1.29, 1.82) is 0 Å². The van der Waals surface area contributed by atoms with Crippen molar-refractivity contribution >= 4 is 12.4 Å². The molecule has 0 aromatic heterocycles. The molecule has 0 radical (unpaired) electrons. The molecule has 8 heteroatoms. The number of hydrogen-bond donors (Lipinski definition) is 1. The fraction of sp³-hybridized carbons (Fsp3) is 0.385. The number of benzene rings is 1. The molecule has 21 heavy (non-hydrogen) atoms. The first-order valence-corrected chi connectivity index (χ1v) is 6.08. The number of alkyl halides is 3. The van der Waals surface area contributed by atoms with E-state index in [9.17, 15) is 32.3 Å². The van der Waals surface area contributed by atoms with Gasteiger partial charge in [-0.25, -0.2) is 9.18 Å². The summed E-state index contributed by atoms with van der Waals surface area (Å²) in [4.78, 5) is 23.2. The zero-order chi connectivity index (χ0) is 15.8. The molecule has 1 aliphatic rings. The number of carboxylic acids is 1. The maximum absolute atomic E-state index is 13.1. The predicted molar refractivity (Wildman–Crippen MR) is 62.7 cm³/mol. The molecular weight excluding hydrogens is 294 g/mol. The highest BCUT2D eigenvalue weighted by Gasteiger charge is 2.43. The van der Waals surface area contributed by atoms with Crippen LogP contribution in [0.5, 0.6) is 0 Å². The van der Waals surface area contributed by atoms with Gasteiger partial charge in [-0.15, -0.1) is 0 Å². The van der Waals surface area contributed by atoms with Crippen LogP contribution in [0.1, 0.15) is 30.0 Å². The van der Waals surface area contributed by atoms with Gasteiger partial charge in [0.05, 0.1) is 5.56 Å². The Morgan fingerprint density at radius 1 is 1.38 bits per heavy atom. The van der Waals surface area contributed by atoms with Crippen molar-refractivity contribution in [3.05, 3.63) is 35.1 Å². The SMILES string of the molecule is O=CN(C1CC1)C(C(=O)O)c1ccc(F)cc1C(F)(F)F. The minimum absolute atomic E-state index is 0.222. The van der Waals surface area contributed by atoms with E-state index in [0.717, 1.165) is 17.0 Å². The number of nitrogens with zero attached hydrogens (tertiary/aromatic N) is 1. The van der Waals surface area contributed by atoms with Crippen LogP contribution < -0.4 is 0 Å². The van der Waals surface area contributed by atoms with E-state index in [0.29, 0.717) is 12.8 Å². The third kappa shape index (κ3) is 3.14. The molecule has 1 unspecified atom stereocenters. The van der Waals surface area contributed by atoms with Crippen molar-refractivity contribution in [2.75, 3.05) is 0 Å². The van der Waals surface area contributed by atoms with E-state index in [1.54, 1.807) is 0 Å². The summed E-state index contributed by atoms with van der Waals surface area (Å²) in [5, 5.41) is 9.20. The van der Waals surface area contributed by atoms with Crippen LogP contribution in [0.3, 0.4) is 0 Å². The fourth-order valence-corrected chi connectivity index (χ4v) is 2.16. The molecule has 1 aliphatic carbocycles. The first-order chi connectivity index (χ1) is 9.75. The van der Waals surface area contributed by atoms with E-state index in [1.165, 1.54) is 0 Å². The Bertz CT molecular complexity index is 569. The van der Waals surface area contributed by atoms with Crippen LogP contribution in [0.15, 0.2) is 18.2 Å². The number of carboxylic acid groups (broad SMARTS) is 1. The molecule has 1 aromatic rings. The standard InChI is InChI=1S/C13H11F4NO3/c14-7-1-4-9(10(5-7)13(15,16)17)11(12(20)21)18(6-19)8-2-3-8/h1,4-6,8,11H,2-3H2,(H,20,21). The van der Waals surface area contributed by atoms with Gasteiger partial charge in [-0.1, -0.05) is 6.07 Å². The number of carbonyl (C=O) groups excluding carboxylic acids is 1. The highest BCUT2D eigenvalue weighted by Crippen LogP contribution is 2.39. The second-order valence-corrected chi connectivity index (χ2v) is 4.75. The summed E-state index contributed by atoms with van der Waals surface area (Å²) >= 11 is 0. The summed E-state index contributed by atoms with van der Waals surface area (Å²) in [7, 11) is 0. The smallest absolute Gasteiger partial charge is 0.416 e. The molecular formula is C13H11F4NO3. The monoisotopic (exact) mass is 305 g/mol. The number of aliphatic carboxylic acids is 1. The predicted octanol–water partition coefficient (Wildman–Crippen LogP) is 2.59. The largest absolute Gasteiger partial charge is 0.479 e. The topological polar surface area (TPSA) is 57.6 Å². The lowest BCUT2D eigenvalue weighted by molar-refractivity contribution is -0.149. The summed E-state index contributed by atoms with van der Waals surface area (Å²) in [6, 6.07) is -0.435. The van der Waals surface area contributed by atoms with Gasteiger partial charge < -0.3 is 10.0 Å². The highest BCUT2D eigenvalue weighted by molar-refractivity contribution is 5.79. The van der Waals surface area contributed by atoms with Crippen LogP contribution in [0.25, 0.3) is 0 Å². The van der Waals surface area contributed by atoms with E-state index in [4.69, 9.17) is 0 Å². The number of hydrogen-bond acceptors (Lipinski definition) is 2. The third-order valence-electron chi connectivity index (χ3n) is 3.24. The molecule has 0 aliphatic heterocycles. The van der Waals surface area contributed by atoms with Crippen LogP contribution in [0, 0.1) is 5.82 Å². The van der Waals surface area contributed by atoms with Crippen LogP contribution in [0.2, 0.25) is 0 Å². The van der Waals surface area contributed by atoms with Gasteiger partial charge in [0.2, 0.25) is 6.41 Å². The molecule has 1 atom stereocenters. The molecule has 1 saturated carbocycles. The van der Waals surface area contributed by atoms with Gasteiger partial charge in [0.25, 0.3) is 0 Å². The zero-order valence-corrected chi connectivity index (χ0v) is 10.6. The molecule has 114 valence electrons. The lowest BCUT2D eigenvalue weighted by Gasteiger charge is -2.27. The van der Waals surface area contributed by atoms with Gasteiger partial charge in [-0.3, -0.25) is 4.79 Å². The van der Waals surface area contributed by atoms with E-state index >= 15 is 0 Å². The minimum Gasteiger partial charge on any atom is -0.479 e. The Kier molecular flexibility index (Phi) is 3.89. The summed E-state index contributed by atoms with van der Waals surface area (Å²) in [5.74, 6) is -2.72. The molecule has 2 rings (SSSR count). The first kappa shape index (κ1) is 15.3. The maximum atomic E-state index is 13.1. The molecule has 1 amide bonds.